The van der Waals surface area contributed by atoms with Gasteiger partial charge in [0.15, 0.2) is 0 Å². The monoisotopic (exact) mass is 138 g/mol. The summed E-state index contributed by atoms with van der Waals surface area (Å²) < 4.78 is 4.65. The van der Waals surface area contributed by atoms with Gasteiger partial charge in [-0.05, 0) is 6.08 Å². The van der Waals surface area contributed by atoms with E-state index in [1.54, 1.807) is 12.3 Å². The molecular formula is C6H6N2O2. The van der Waals surface area contributed by atoms with Crippen LogP contribution in [0.1, 0.15) is 11.7 Å². The Labute approximate surface area is 57.4 Å². The topological polar surface area (TPSA) is 47.3 Å². The van der Waals surface area contributed by atoms with E-state index in [-0.39, 0.29) is 6.04 Å². The van der Waals surface area contributed by atoms with Crippen LogP contribution in [0.25, 0.3) is 0 Å². The molecule has 4 heteroatoms. The standard InChI is InChI=1S/C6H6N2O2/c1-3-9-7-5(1)6-2-4-10-8-6/h1-5,7H. The zero-order valence-corrected chi connectivity index (χ0v) is 5.15. The molecule has 0 fully saturated rings. The molecule has 4 nitrogen and oxygen atoms in total. The molecule has 0 aliphatic carbocycles. The molecule has 0 saturated heterocycles. The fourth-order valence-corrected chi connectivity index (χ4v) is 0.811. The van der Waals surface area contributed by atoms with Gasteiger partial charge in [-0.1, -0.05) is 5.16 Å². The van der Waals surface area contributed by atoms with Crippen molar-refractivity contribution in [2.24, 2.45) is 0 Å². The summed E-state index contributed by atoms with van der Waals surface area (Å²) in [4.78, 5) is 4.77. The Bertz CT molecular complexity index is 230. The van der Waals surface area contributed by atoms with Crippen molar-refractivity contribution in [3.63, 3.8) is 0 Å². The van der Waals surface area contributed by atoms with E-state index in [4.69, 9.17) is 4.84 Å². The number of hydrogen-bond acceptors (Lipinski definition) is 4. The van der Waals surface area contributed by atoms with Gasteiger partial charge in [-0.25, -0.2) is 0 Å². The summed E-state index contributed by atoms with van der Waals surface area (Å²) >= 11 is 0. The van der Waals surface area contributed by atoms with E-state index in [0.29, 0.717) is 0 Å². The molecule has 1 aromatic heterocycles. The average molecular weight is 138 g/mol. The number of nitrogens with zero attached hydrogens (tertiary/aromatic N) is 1. The summed E-state index contributed by atoms with van der Waals surface area (Å²) in [5, 5.41) is 3.73. The molecule has 1 unspecified atom stereocenters. The molecule has 2 rings (SSSR count). The third-order valence-corrected chi connectivity index (χ3v) is 1.31. The maximum Gasteiger partial charge on any atom is 0.124 e. The molecule has 0 spiro atoms. The Balaban J connectivity index is 2.20. The normalized spacial score (nSPS) is 23.0. The van der Waals surface area contributed by atoms with Gasteiger partial charge in [0.05, 0.1) is 0 Å². The van der Waals surface area contributed by atoms with Crippen molar-refractivity contribution in [3.8, 4) is 0 Å². The molecule has 0 bridgehead atoms. The zero-order chi connectivity index (χ0) is 6.81. The van der Waals surface area contributed by atoms with Gasteiger partial charge in [-0.2, -0.15) is 0 Å². The van der Waals surface area contributed by atoms with Crippen LogP contribution in [0.5, 0.6) is 0 Å². The van der Waals surface area contributed by atoms with Crippen molar-refractivity contribution in [2.75, 3.05) is 0 Å². The van der Waals surface area contributed by atoms with Gasteiger partial charge in [0.1, 0.15) is 24.3 Å². The highest BCUT2D eigenvalue weighted by atomic mass is 16.6. The summed E-state index contributed by atoms with van der Waals surface area (Å²) in [6, 6.07) is 1.83. The second-order valence-corrected chi connectivity index (χ2v) is 1.97. The number of aromatic nitrogens is 1. The molecule has 1 aromatic rings. The summed E-state index contributed by atoms with van der Waals surface area (Å²) in [5.74, 6) is 0. The molecule has 0 aromatic carbocycles. The molecular weight excluding hydrogens is 132 g/mol. The van der Waals surface area contributed by atoms with E-state index >= 15 is 0 Å². The van der Waals surface area contributed by atoms with Crippen molar-refractivity contribution in [3.05, 3.63) is 30.4 Å². The Morgan fingerprint density at radius 1 is 1.60 bits per heavy atom. The SMILES string of the molecule is C1=CC(c2ccon2)NO1. The van der Waals surface area contributed by atoms with Gasteiger partial charge in [0, 0.05) is 6.07 Å². The van der Waals surface area contributed by atoms with Crippen LogP contribution in [0.4, 0.5) is 0 Å². The lowest BCUT2D eigenvalue weighted by Gasteiger charge is -2.00. The van der Waals surface area contributed by atoms with E-state index in [2.05, 4.69) is 15.2 Å². The van der Waals surface area contributed by atoms with Crippen LogP contribution in [0, 0.1) is 0 Å². The molecule has 1 aliphatic heterocycles. The first-order valence-electron chi connectivity index (χ1n) is 2.95. The van der Waals surface area contributed by atoms with Crippen molar-refractivity contribution < 1.29 is 9.36 Å². The molecule has 2 heterocycles. The highest BCUT2D eigenvalue weighted by molar-refractivity contribution is 5.11. The van der Waals surface area contributed by atoms with Crippen LogP contribution in [0.3, 0.4) is 0 Å². The van der Waals surface area contributed by atoms with Gasteiger partial charge < -0.3 is 9.36 Å². The van der Waals surface area contributed by atoms with Gasteiger partial charge >= 0.3 is 0 Å². The fourth-order valence-electron chi connectivity index (χ4n) is 0.811. The van der Waals surface area contributed by atoms with Gasteiger partial charge in [-0.3, -0.25) is 0 Å². The number of hydroxylamine groups is 1. The van der Waals surface area contributed by atoms with Gasteiger partial charge in [-0.15, -0.1) is 5.48 Å². The van der Waals surface area contributed by atoms with Crippen LogP contribution in [-0.2, 0) is 4.84 Å². The minimum absolute atomic E-state index is 0.0405. The average Bonchev–Trinajstić information content (AvgIpc) is 2.59. The molecule has 1 N–H and O–H groups in total. The summed E-state index contributed by atoms with van der Waals surface area (Å²) in [7, 11) is 0. The quantitative estimate of drug-likeness (QED) is 0.622. The molecule has 1 aliphatic rings. The Hall–Kier alpha value is -1.29. The first-order valence-corrected chi connectivity index (χ1v) is 2.95. The van der Waals surface area contributed by atoms with Gasteiger partial charge in [0.25, 0.3) is 0 Å². The molecule has 0 radical (unpaired) electrons. The highest BCUT2D eigenvalue weighted by Crippen LogP contribution is 2.14. The third-order valence-electron chi connectivity index (χ3n) is 1.31. The Morgan fingerprint density at radius 2 is 2.60 bits per heavy atom. The number of hydrogen-bond donors (Lipinski definition) is 1. The maximum absolute atomic E-state index is 4.77. The lowest BCUT2D eigenvalue weighted by atomic mass is 10.2. The zero-order valence-electron chi connectivity index (χ0n) is 5.15. The largest absolute Gasteiger partial charge is 0.416 e. The molecule has 0 amide bonds. The van der Waals surface area contributed by atoms with Crippen LogP contribution < -0.4 is 5.48 Å². The van der Waals surface area contributed by atoms with Crippen molar-refractivity contribution in [1.29, 1.82) is 0 Å². The lowest BCUT2D eigenvalue weighted by Crippen LogP contribution is -2.11. The van der Waals surface area contributed by atoms with Crippen LogP contribution in [-0.4, -0.2) is 5.16 Å². The molecule has 0 saturated carbocycles. The second kappa shape index (κ2) is 2.15. The highest BCUT2D eigenvalue weighted by Gasteiger charge is 2.14. The second-order valence-electron chi connectivity index (χ2n) is 1.97. The van der Waals surface area contributed by atoms with Crippen molar-refractivity contribution >= 4 is 0 Å². The molecule has 52 valence electrons. The van der Waals surface area contributed by atoms with Crippen LogP contribution in [0.15, 0.2) is 29.2 Å². The predicted molar refractivity (Wildman–Crippen MR) is 32.6 cm³/mol. The number of nitrogens with one attached hydrogen (secondary N) is 1. The summed E-state index contributed by atoms with van der Waals surface area (Å²) in [6.45, 7) is 0. The molecule has 10 heavy (non-hydrogen) atoms. The number of rotatable bonds is 1. The van der Waals surface area contributed by atoms with Crippen LogP contribution >= 0.6 is 0 Å². The van der Waals surface area contributed by atoms with Gasteiger partial charge in [0.2, 0.25) is 0 Å². The minimum atomic E-state index is 0.0405. The van der Waals surface area contributed by atoms with E-state index in [1.807, 2.05) is 6.08 Å². The Kier molecular flexibility index (Phi) is 1.18. The summed E-state index contributed by atoms with van der Waals surface area (Å²) in [6.07, 6.45) is 4.97. The molecule has 1 atom stereocenters. The van der Waals surface area contributed by atoms with Crippen LogP contribution in [0.2, 0.25) is 0 Å². The third kappa shape index (κ3) is 0.784. The maximum atomic E-state index is 4.77. The van der Waals surface area contributed by atoms with Crippen molar-refractivity contribution in [1.82, 2.24) is 10.6 Å². The lowest BCUT2D eigenvalue weighted by molar-refractivity contribution is 0.140. The van der Waals surface area contributed by atoms with E-state index in [9.17, 15) is 0 Å². The van der Waals surface area contributed by atoms with E-state index in [1.165, 1.54) is 6.26 Å². The summed E-state index contributed by atoms with van der Waals surface area (Å²) in [5.41, 5.74) is 3.55. The predicted octanol–water partition coefficient (Wildman–Crippen LogP) is 0.764. The smallest absolute Gasteiger partial charge is 0.124 e. The van der Waals surface area contributed by atoms with Crippen molar-refractivity contribution in [2.45, 2.75) is 6.04 Å². The minimum Gasteiger partial charge on any atom is -0.416 e. The first-order chi connectivity index (χ1) is 4.97. The fraction of sp³-hybridized carbons (Fsp3) is 0.167. The first kappa shape index (κ1) is 5.49. The Morgan fingerprint density at radius 3 is 3.20 bits per heavy atom. The van der Waals surface area contributed by atoms with E-state index < -0.39 is 0 Å². The van der Waals surface area contributed by atoms with E-state index in [0.717, 1.165) is 5.69 Å².